The Hall–Kier alpha value is -3.24. The van der Waals surface area contributed by atoms with Crippen molar-refractivity contribution in [1.82, 2.24) is 9.55 Å². The molecule has 2 aromatic heterocycles. The Morgan fingerprint density at radius 2 is 1.94 bits per heavy atom. The first kappa shape index (κ1) is 22.4. The number of nitrogens with two attached hydrogens (primary N) is 1. The number of hydrogen-bond acceptors (Lipinski definition) is 7. The van der Waals surface area contributed by atoms with E-state index in [2.05, 4.69) is 4.98 Å². The van der Waals surface area contributed by atoms with Crippen LogP contribution in [0.15, 0.2) is 29.1 Å². The zero-order chi connectivity index (χ0) is 22.5. The summed E-state index contributed by atoms with van der Waals surface area (Å²) < 4.78 is 12.4. The van der Waals surface area contributed by atoms with Gasteiger partial charge in [-0.05, 0) is 43.2 Å². The zero-order valence-corrected chi connectivity index (χ0v) is 18.0. The monoisotopic (exact) mass is 445 g/mol. The SMILES string of the molecule is COCCc1nc2sc(C(N)=O)c(C)c2c(=O)n1CCCOc1ccc(C(=O)O)cc1. The van der Waals surface area contributed by atoms with Gasteiger partial charge in [-0.3, -0.25) is 14.2 Å². The molecule has 0 aliphatic carbocycles. The van der Waals surface area contributed by atoms with Crippen LogP contribution in [0, 0.1) is 6.92 Å². The number of ether oxygens (including phenoxy) is 2. The smallest absolute Gasteiger partial charge is 0.335 e. The van der Waals surface area contributed by atoms with Crippen molar-refractivity contribution in [3.05, 3.63) is 56.4 Å². The molecule has 31 heavy (non-hydrogen) atoms. The lowest BCUT2D eigenvalue weighted by Crippen LogP contribution is -2.27. The molecule has 0 fully saturated rings. The molecule has 9 nitrogen and oxygen atoms in total. The van der Waals surface area contributed by atoms with E-state index in [-0.39, 0.29) is 11.1 Å². The number of carboxylic acid groups (broad SMARTS) is 1. The van der Waals surface area contributed by atoms with E-state index >= 15 is 0 Å². The fraction of sp³-hybridized carbons (Fsp3) is 0.333. The van der Waals surface area contributed by atoms with Crippen LogP contribution in [0.5, 0.6) is 5.75 Å². The molecule has 0 unspecified atom stereocenters. The molecule has 2 heterocycles. The third-order valence-corrected chi connectivity index (χ3v) is 5.98. The standard InChI is InChI=1S/C21H23N3O6S/c1-12-16-19(31-17(12)18(22)25)23-15(8-11-29-2)24(20(16)26)9-3-10-30-14-6-4-13(5-7-14)21(27)28/h4-7H,3,8-11H2,1-2H3,(H2,22,25)(H,27,28). The average Bonchev–Trinajstić information content (AvgIpc) is 3.08. The number of primary amides is 1. The number of fused-ring (bicyclic) bond motifs is 1. The predicted octanol–water partition coefficient (Wildman–Crippen LogP) is 2.22. The minimum absolute atomic E-state index is 0.183. The first-order valence-electron chi connectivity index (χ1n) is 9.61. The number of aromatic carboxylic acids is 1. The van der Waals surface area contributed by atoms with Crippen LogP contribution in [0.1, 0.15) is 37.8 Å². The Morgan fingerprint density at radius 3 is 2.55 bits per heavy atom. The molecular weight excluding hydrogens is 422 g/mol. The Labute approximate surface area is 182 Å². The van der Waals surface area contributed by atoms with Crippen molar-refractivity contribution in [2.45, 2.75) is 26.3 Å². The minimum Gasteiger partial charge on any atom is -0.494 e. The van der Waals surface area contributed by atoms with E-state index in [9.17, 15) is 14.4 Å². The summed E-state index contributed by atoms with van der Waals surface area (Å²) in [7, 11) is 1.57. The van der Waals surface area contributed by atoms with Gasteiger partial charge in [0.25, 0.3) is 11.5 Å². The maximum absolute atomic E-state index is 13.2. The number of carbonyl (C=O) groups excluding carboxylic acids is 1. The van der Waals surface area contributed by atoms with Crippen LogP contribution in [-0.4, -0.2) is 46.9 Å². The summed E-state index contributed by atoms with van der Waals surface area (Å²) >= 11 is 1.12. The number of hydrogen-bond donors (Lipinski definition) is 2. The van der Waals surface area contributed by atoms with Crippen LogP contribution >= 0.6 is 11.3 Å². The highest BCUT2D eigenvalue weighted by Gasteiger charge is 2.20. The van der Waals surface area contributed by atoms with E-state index in [0.29, 0.717) is 64.8 Å². The second kappa shape index (κ2) is 9.71. The summed E-state index contributed by atoms with van der Waals surface area (Å²) in [5.41, 5.74) is 5.94. The first-order chi connectivity index (χ1) is 14.8. The van der Waals surface area contributed by atoms with Gasteiger partial charge >= 0.3 is 5.97 Å². The number of thiophene rings is 1. The highest BCUT2D eigenvalue weighted by Crippen LogP contribution is 2.27. The second-order valence-corrected chi connectivity index (χ2v) is 7.86. The van der Waals surface area contributed by atoms with Crippen molar-refractivity contribution in [1.29, 1.82) is 0 Å². The van der Waals surface area contributed by atoms with E-state index in [1.165, 1.54) is 12.1 Å². The molecule has 0 atom stereocenters. The molecule has 10 heteroatoms. The molecule has 0 radical (unpaired) electrons. The van der Waals surface area contributed by atoms with Gasteiger partial charge < -0.3 is 20.3 Å². The van der Waals surface area contributed by atoms with Gasteiger partial charge in [0, 0.05) is 20.1 Å². The van der Waals surface area contributed by atoms with Crippen molar-refractivity contribution in [2.75, 3.05) is 20.3 Å². The summed E-state index contributed by atoms with van der Waals surface area (Å²) in [5, 5.41) is 9.35. The predicted molar refractivity (Wildman–Crippen MR) is 116 cm³/mol. The molecule has 164 valence electrons. The lowest BCUT2D eigenvalue weighted by atomic mass is 10.2. The Bertz CT molecular complexity index is 1170. The normalized spacial score (nSPS) is 11.0. The van der Waals surface area contributed by atoms with Gasteiger partial charge in [-0.25, -0.2) is 9.78 Å². The highest BCUT2D eigenvalue weighted by atomic mass is 32.1. The number of carboxylic acids is 1. The number of nitrogens with zero attached hydrogens (tertiary/aromatic N) is 2. The first-order valence-corrected chi connectivity index (χ1v) is 10.4. The number of rotatable bonds is 10. The van der Waals surface area contributed by atoms with Crippen molar-refractivity contribution < 1.29 is 24.2 Å². The number of carbonyl (C=O) groups is 2. The molecule has 0 aliphatic heterocycles. The fourth-order valence-corrected chi connectivity index (χ4v) is 4.26. The maximum atomic E-state index is 13.2. The second-order valence-electron chi connectivity index (χ2n) is 6.86. The Balaban J connectivity index is 1.79. The fourth-order valence-electron chi connectivity index (χ4n) is 3.21. The van der Waals surface area contributed by atoms with Crippen molar-refractivity contribution in [3.8, 4) is 5.75 Å². The molecule has 3 rings (SSSR count). The lowest BCUT2D eigenvalue weighted by Gasteiger charge is -2.13. The Kier molecular flexibility index (Phi) is 7.03. The quantitative estimate of drug-likeness (QED) is 0.457. The summed E-state index contributed by atoms with van der Waals surface area (Å²) in [6, 6.07) is 6.12. The minimum atomic E-state index is -0.999. The van der Waals surface area contributed by atoms with Gasteiger partial charge in [0.1, 0.15) is 16.4 Å². The Morgan fingerprint density at radius 1 is 1.23 bits per heavy atom. The maximum Gasteiger partial charge on any atom is 0.335 e. The van der Waals surface area contributed by atoms with Gasteiger partial charge in [0.15, 0.2) is 0 Å². The molecule has 0 saturated heterocycles. The van der Waals surface area contributed by atoms with Crippen molar-refractivity contribution in [2.24, 2.45) is 5.73 Å². The lowest BCUT2D eigenvalue weighted by molar-refractivity contribution is 0.0696. The molecule has 3 aromatic rings. The largest absolute Gasteiger partial charge is 0.494 e. The highest BCUT2D eigenvalue weighted by molar-refractivity contribution is 7.20. The van der Waals surface area contributed by atoms with E-state index in [1.54, 1.807) is 30.7 Å². The number of benzene rings is 1. The third kappa shape index (κ3) is 4.92. The average molecular weight is 445 g/mol. The summed E-state index contributed by atoms with van der Waals surface area (Å²) in [6.45, 7) is 2.80. The summed E-state index contributed by atoms with van der Waals surface area (Å²) in [4.78, 5) is 41.2. The topological polar surface area (TPSA) is 134 Å². The molecule has 0 bridgehead atoms. The third-order valence-electron chi connectivity index (χ3n) is 4.78. The van der Waals surface area contributed by atoms with Gasteiger partial charge in [0.05, 0.1) is 29.0 Å². The van der Waals surface area contributed by atoms with Gasteiger partial charge in [-0.1, -0.05) is 0 Å². The van der Waals surface area contributed by atoms with E-state index in [0.717, 1.165) is 11.3 Å². The van der Waals surface area contributed by atoms with Crippen LogP contribution in [-0.2, 0) is 17.7 Å². The molecule has 0 spiro atoms. The van der Waals surface area contributed by atoms with Crippen LogP contribution in [0.2, 0.25) is 0 Å². The molecule has 1 amide bonds. The molecule has 0 aliphatic rings. The van der Waals surface area contributed by atoms with Crippen molar-refractivity contribution >= 4 is 33.4 Å². The summed E-state index contributed by atoms with van der Waals surface area (Å²) in [5.74, 6) is -0.458. The number of aryl methyl sites for hydroxylation is 1. The van der Waals surface area contributed by atoms with Crippen LogP contribution in [0.3, 0.4) is 0 Å². The van der Waals surface area contributed by atoms with E-state index in [4.69, 9.17) is 20.3 Å². The molecule has 0 saturated carbocycles. The number of aromatic nitrogens is 2. The summed E-state index contributed by atoms with van der Waals surface area (Å²) in [6.07, 6.45) is 0.974. The number of amides is 1. The molecule has 1 aromatic carbocycles. The van der Waals surface area contributed by atoms with Crippen LogP contribution in [0.25, 0.3) is 10.2 Å². The van der Waals surface area contributed by atoms with E-state index in [1.807, 2.05) is 0 Å². The molecule has 3 N–H and O–H groups in total. The zero-order valence-electron chi connectivity index (χ0n) is 17.2. The van der Waals surface area contributed by atoms with Crippen molar-refractivity contribution in [3.63, 3.8) is 0 Å². The molecular formula is C21H23N3O6S. The number of methoxy groups -OCH3 is 1. The van der Waals surface area contributed by atoms with E-state index < -0.39 is 11.9 Å². The van der Waals surface area contributed by atoms with Crippen LogP contribution < -0.4 is 16.0 Å². The van der Waals surface area contributed by atoms with Gasteiger partial charge in [0.2, 0.25) is 0 Å². The van der Waals surface area contributed by atoms with Gasteiger partial charge in [-0.2, -0.15) is 0 Å². The van der Waals surface area contributed by atoms with Gasteiger partial charge in [-0.15, -0.1) is 11.3 Å². The van der Waals surface area contributed by atoms with Crippen LogP contribution in [0.4, 0.5) is 0 Å².